The lowest BCUT2D eigenvalue weighted by Gasteiger charge is -2.30. The number of aliphatic hydroxyl groups is 1. The van der Waals surface area contributed by atoms with E-state index < -0.39 is 15.9 Å². The number of aliphatic hydroxyl groups excluding tert-OH is 1. The molecule has 0 saturated carbocycles. The first kappa shape index (κ1) is 22.8. The van der Waals surface area contributed by atoms with Crippen molar-refractivity contribution < 1.29 is 18.3 Å². The zero-order valence-electron chi connectivity index (χ0n) is 15.6. The minimum Gasteiger partial charge on any atom is -0.491 e. The van der Waals surface area contributed by atoms with Gasteiger partial charge in [-0.15, -0.1) is 0 Å². The molecule has 1 N–H and O–H groups in total. The Morgan fingerprint density at radius 3 is 2.55 bits per heavy atom. The molecule has 3 rings (SSSR count). The molecule has 0 bridgehead atoms. The van der Waals surface area contributed by atoms with Crippen LogP contribution in [0.5, 0.6) is 5.75 Å². The van der Waals surface area contributed by atoms with Gasteiger partial charge in [0.1, 0.15) is 18.5 Å². The molecule has 1 heterocycles. The topological polar surface area (TPSA) is 66.8 Å². The van der Waals surface area contributed by atoms with Gasteiger partial charge >= 0.3 is 0 Å². The van der Waals surface area contributed by atoms with Crippen molar-refractivity contribution in [3.8, 4) is 5.75 Å². The van der Waals surface area contributed by atoms with E-state index in [2.05, 4.69) is 15.9 Å². The molecular formula is C20H22BrCl2NO4S. The molecule has 2 aromatic rings. The van der Waals surface area contributed by atoms with Crippen LogP contribution >= 0.6 is 39.1 Å². The van der Waals surface area contributed by atoms with Crippen LogP contribution in [0.1, 0.15) is 12.0 Å². The lowest BCUT2D eigenvalue weighted by atomic mass is 10.1. The summed E-state index contributed by atoms with van der Waals surface area (Å²) in [6.07, 6.45) is -0.249. The van der Waals surface area contributed by atoms with Crippen molar-refractivity contribution in [2.24, 2.45) is 0 Å². The Labute approximate surface area is 189 Å². The van der Waals surface area contributed by atoms with E-state index in [1.54, 1.807) is 12.1 Å². The summed E-state index contributed by atoms with van der Waals surface area (Å²) in [6.45, 7) is 0.799. The SMILES string of the molecule is O=S1(=O)CCC(N(Cc2ccc(Cl)cc2Cl)CC(O)COc2ccc(Br)cc2)C1. The Hall–Kier alpha value is -0.830. The standard InChI is InChI=1S/C20H22BrCl2NO4S/c21-15-2-5-19(6-3-15)28-12-18(25)11-24(17-7-8-29(26,27)13-17)10-14-1-4-16(22)9-20(14)23/h1-6,9,17-18,25H,7-8,10-13H2. The summed E-state index contributed by atoms with van der Waals surface area (Å²) in [5, 5.41) is 11.6. The van der Waals surface area contributed by atoms with Gasteiger partial charge in [0.25, 0.3) is 0 Å². The fourth-order valence-corrected chi connectivity index (χ4v) is 5.82. The Bertz CT molecular complexity index is 940. The van der Waals surface area contributed by atoms with Gasteiger partial charge < -0.3 is 9.84 Å². The van der Waals surface area contributed by atoms with Crippen LogP contribution in [0.2, 0.25) is 10.0 Å². The maximum atomic E-state index is 12.0. The van der Waals surface area contributed by atoms with Gasteiger partial charge in [-0.2, -0.15) is 0 Å². The van der Waals surface area contributed by atoms with Crippen LogP contribution in [0.3, 0.4) is 0 Å². The second-order valence-corrected chi connectivity index (χ2v) is 11.1. The Morgan fingerprint density at radius 2 is 1.93 bits per heavy atom. The number of hydrogen-bond acceptors (Lipinski definition) is 5. The first-order valence-corrected chi connectivity index (χ1v) is 12.5. The van der Waals surface area contributed by atoms with Crippen molar-refractivity contribution in [3.63, 3.8) is 0 Å². The fourth-order valence-electron chi connectivity index (χ4n) is 3.32. The molecular weight excluding hydrogens is 501 g/mol. The third kappa shape index (κ3) is 6.84. The van der Waals surface area contributed by atoms with Gasteiger partial charge in [-0.1, -0.05) is 45.2 Å². The van der Waals surface area contributed by atoms with Crippen molar-refractivity contribution in [3.05, 3.63) is 62.5 Å². The summed E-state index contributed by atoms with van der Waals surface area (Å²) < 4.78 is 30.5. The zero-order chi connectivity index (χ0) is 21.0. The van der Waals surface area contributed by atoms with Gasteiger partial charge in [-0.05, 0) is 48.4 Å². The van der Waals surface area contributed by atoms with Gasteiger partial charge in [-0.25, -0.2) is 8.42 Å². The van der Waals surface area contributed by atoms with Gasteiger partial charge in [0.2, 0.25) is 0 Å². The molecule has 2 aromatic carbocycles. The minimum atomic E-state index is -3.06. The first-order valence-electron chi connectivity index (χ1n) is 9.17. The van der Waals surface area contributed by atoms with E-state index >= 15 is 0 Å². The van der Waals surface area contributed by atoms with Crippen molar-refractivity contribution in [1.82, 2.24) is 4.90 Å². The molecule has 1 aliphatic heterocycles. The van der Waals surface area contributed by atoms with Gasteiger partial charge in [0, 0.05) is 33.6 Å². The van der Waals surface area contributed by atoms with Crippen molar-refractivity contribution in [1.29, 1.82) is 0 Å². The van der Waals surface area contributed by atoms with Crippen LogP contribution in [-0.4, -0.2) is 55.2 Å². The van der Waals surface area contributed by atoms with Crippen LogP contribution in [0.4, 0.5) is 0 Å². The van der Waals surface area contributed by atoms with E-state index in [4.69, 9.17) is 27.9 Å². The fraction of sp³-hybridized carbons (Fsp3) is 0.400. The highest BCUT2D eigenvalue weighted by Crippen LogP contribution is 2.26. The number of hydrogen-bond donors (Lipinski definition) is 1. The molecule has 29 heavy (non-hydrogen) atoms. The van der Waals surface area contributed by atoms with Crippen molar-refractivity contribution in [2.75, 3.05) is 24.7 Å². The summed E-state index contributed by atoms with van der Waals surface area (Å²) in [7, 11) is -3.06. The average Bonchev–Trinajstić information content (AvgIpc) is 3.02. The maximum absolute atomic E-state index is 12.0. The van der Waals surface area contributed by atoms with Gasteiger partial charge in [-0.3, -0.25) is 4.90 Å². The van der Waals surface area contributed by atoms with Crippen LogP contribution in [0.25, 0.3) is 0 Å². The molecule has 0 spiro atoms. The number of rotatable bonds is 8. The predicted octanol–water partition coefficient (Wildman–Crippen LogP) is 4.18. The highest BCUT2D eigenvalue weighted by Gasteiger charge is 2.33. The summed E-state index contributed by atoms with van der Waals surface area (Å²) >= 11 is 15.6. The molecule has 2 atom stereocenters. The normalized spacial score (nSPS) is 19.4. The predicted molar refractivity (Wildman–Crippen MR) is 120 cm³/mol. The van der Waals surface area contributed by atoms with Gasteiger partial charge in [0.05, 0.1) is 11.5 Å². The van der Waals surface area contributed by atoms with Crippen LogP contribution < -0.4 is 4.74 Å². The molecule has 9 heteroatoms. The Kier molecular flexibility index (Phi) is 7.87. The van der Waals surface area contributed by atoms with E-state index in [-0.39, 0.29) is 30.7 Å². The first-order chi connectivity index (χ1) is 13.7. The number of sulfone groups is 1. The molecule has 0 amide bonds. The van der Waals surface area contributed by atoms with Crippen LogP contribution in [0.15, 0.2) is 46.9 Å². The molecule has 0 radical (unpaired) electrons. The maximum Gasteiger partial charge on any atom is 0.151 e. The average molecular weight is 523 g/mol. The van der Waals surface area contributed by atoms with Crippen LogP contribution in [0, 0.1) is 0 Å². The molecule has 5 nitrogen and oxygen atoms in total. The molecule has 158 valence electrons. The largest absolute Gasteiger partial charge is 0.491 e. The van der Waals surface area contributed by atoms with E-state index in [0.29, 0.717) is 28.8 Å². The summed E-state index contributed by atoms with van der Waals surface area (Å²) in [5.41, 5.74) is 0.835. The second kappa shape index (κ2) is 9.98. The molecule has 0 aromatic heterocycles. The lowest BCUT2D eigenvalue weighted by molar-refractivity contribution is 0.0525. The number of nitrogens with zero attached hydrogens (tertiary/aromatic N) is 1. The molecule has 1 aliphatic rings. The van der Waals surface area contributed by atoms with E-state index in [1.807, 2.05) is 35.2 Å². The molecule has 0 aliphatic carbocycles. The number of halogens is 3. The van der Waals surface area contributed by atoms with Crippen molar-refractivity contribution >= 4 is 49.0 Å². The molecule has 1 saturated heterocycles. The lowest BCUT2D eigenvalue weighted by Crippen LogP contribution is -2.42. The zero-order valence-corrected chi connectivity index (χ0v) is 19.5. The Balaban J connectivity index is 1.67. The second-order valence-electron chi connectivity index (χ2n) is 7.14. The van der Waals surface area contributed by atoms with E-state index in [9.17, 15) is 13.5 Å². The summed E-state index contributed by atoms with van der Waals surface area (Å²) in [5.74, 6) is 0.898. The monoisotopic (exact) mass is 521 g/mol. The van der Waals surface area contributed by atoms with Crippen LogP contribution in [-0.2, 0) is 16.4 Å². The van der Waals surface area contributed by atoms with Crippen molar-refractivity contribution in [2.45, 2.75) is 25.1 Å². The third-order valence-electron chi connectivity index (χ3n) is 4.81. The highest BCUT2D eigenvalue weighted by atomic mass is 79.9. The molecule has 1 fully saturated rings. The molecule has 2 unspecified atom stereocenters. The third-order valence-corrected chi connectivity index (χ3v) is 7.68. The minimum absolute atomic E-state index is 0.0818. The smallest absolute Gasteiger partial charge is 0.151 e. The van der Waals surface area contributed by atoms with E-state index in [0.717, 1.165) is 10.0 Å². The van der Waals surface area contributed by atoms with E-state index in [1.165, 1.54) is 0 Å². The highest BCUT2D eigenvalue weighted by molar-refractivity contribution is 9.10. The summed E-state index contributed by atoms with van der Waals surface area (Å²) in [4.78, 5) is 1.97. The number of benzene rings is 2. The van der Waals surface area contributed by atoms with Gasteiger partial charge in [0.15, 0.2) is 9.84 Å². The Morgan fingerprint density at radius 1 is 1.21 bits per heavy atom. The number of ether oxygens (including phenoxy) is 1. The quantitative estimate of drug-likeness (QED) is 0.563. The summed E-state index contributed by atoms with van der Waals surface area (Å²) in [6, 6.07) is 12.4.